The number of benzene rings is 1. The summed E-state index contributed by atoms with van der Waals surface area (Å²) in [5.41, 5.74) is -0.449. The maximum Gasteiger partial charge on any atom is 0.482 e. The van der Waals surface area contributed by atoms with E-state index >= 15 is 0 Å². The highest BCUT2D eigenvalue weighted by molar-refractivity contribution is 5.95. The monoisotopic (exact) mass is 233 g/mol. The lowest BCUT2D eigenvalue weighted by atomic mass is 10.2. The number of hydrogen-bond donors (Lipinski definition) is 1. The van der Waals surface area contributed by atoms with Crippen molar-refractivity contribution in [3.63, 3.8) is 0 Å². The van der Waals surface area contributed by atoms with Crippen LogP contribution in [0.4, 0.5) is 18.9 Å². The van der Waals surface area contributed by atoms with Gasteiger partial charge < -0.3 is 4.74 Å². The molecule has 1 aromatic carbocycles. The van der Waals surface area contributed by atoms with E-state index in [4.69, 9.17) is 0 Å². The number of ether oxygens (including phenoxy) is 1. The molecule has 16 heavy (non-hydrogen) atoms. The minimum Gasteiger partial charge on any atom is -0.462 e. The van der Waals surface area contributed by atoms with Crippen LogP contribution in [0.3, 0.4) is 0 Å². The maximum atomic E-state index is 12.1. The van der Waals surface area contributed by atoms with Gasteiger partial charge in [0.15, 0.2) is 0 Å². The van der Waals surface area contributed by atoms with Crippen molar-refractivity contribution in [1.82, 2.24) is 0 Å². The summed E-state index contributed by atoms with van der Waals surface area (Å²) in [6.07, 6.45) is -4.58. The molecule has 0 bridgehead atoms. The molecule has 0 spiro atoms. The van der Waals surface area contributed by atoms with Gasteiger partial charge in [0.05, 0.1) is 17.9 Å². The fraction of sp³-hybridized carbons (Fsp3) is 0.300. The van der Waals surface area contributed by atoms with Gasteiger partial charge in [-0.05, 0) is 19.1 Å². The van der Waals surface area contributed by atoms with Gasteiger partial charge >= 0.3 is 12.3 Å². The molecule has 0 saturated heterocycles. The molecule has 0 radical (unpaired) electrons. The Morgan fingerprint density at radius 3 is 2.56 bits per heavy atom. The number of para-hydroxylation sites is 1. The standard InChI is InChI=1S/C10H10F3NO2/c1-2-16-9(15)7-5-3-4-6-8(7)14-10(11,12)13/h3-6,14H,2H2,1H3. The quantitative estimate of drug-likeness (QED) is 0.644. The van der Waals surface area contributed by atoms with E-state index < -0.39 is 12.3 Å². The molecule has 1 N–H and O–H groups in total. The number of halogens is 3. The summed E-state index contributed by atoms with van der Waals surface area (Å²) in [5.74, 6) is -0.783. The van der Waals surface area contributed by atoms with Crippen LogP contribution in [-0.4, -0.2) is 18.9 Å². The van der Waals surface area contributed by atoms with Gasteiger partial charge in [0.25, 0.3) is 0 Å². The third kappa shape index (κ3) is 3.45. The molecule has 88 valence electrons. The smallest absolute Gasteiger partial charge is 0.462 e. The molecule has 0 atom stereocenters. The molecule has 3 nitrogen and oxygen atoms in total. The highest BCUT2D eigenvalue weighted by Crippen LogP contribution is 2.23. The van der Waals surface area contributed by atoms with Crippen LogP contribution in [0.25, 0.3) is 0 Å². The Balaban J connectivity index is 2.96. The predicted octanol–water partition coefficient (Wildman–Crippen LogP) is 2.80. The average Bonchev–Trinajstić information content (AvgIpc) is 2.16. The van der Waals surface area contributed by atoms with Crippen molar-refractivity contribution >= 4 is 11.7 Å². The van der Waals surface area contributed by atoms with Gasteiger partial charge in [-0.25, -0.2) is 4.79 Å². The van der Waals surface area contributed by atoms with E-state index in [-0.39, 0.29) is 17.9 Å². The topological polar surface area (TPSA) is 38.3 Å². The summed E-state index contributed by atoms with van der Waals surface area (Å²) in [6, 6.07) is 5.30. The van der Waals surface area contributed by atoms with Crippen molar-refractivity contribution in [2.45, 2.75) is 13.2 Å². The Kier molecular flexibility index (Phi) is 3.76. The molecule has 0 amide bonds. The van der Waals surface area contributed by atoms with E-state index in [1.165, 1.54) is 29.6 Å². The number of esters is 1. The molecule has 1 aromatic rings. The third-order valence-corrected chi connectivity index (χ3v) is 1.70. The fourth-order valence-corrected chi connectivity index (χ4v) is 1.13. The molecule has 0 heterocycles. The van der Waals surface area contributed by atoms with Crippen molar-refractivity contribution in [2.75, 3.05) is 11.9 Å². The molecule has 0 unspecified atom stereocenters. The summed E-state index contributed by atoms with van der Waals surface area (Å²) in [4.78, 5) is 11.3. The van der Waals surface area contributed by atoms with Crippen LogP contribution in [-0.2, 0) is 4.74 Å². The van der Waals surface area contributed by atoms with Crippen LogP contribution in [0.15, 0.2) is 24.3 Å². The number of anilines is 1. The molecule has 0 aliphatic carbocycles. The van der Waals surface area contributed by atoms with Gasteiger partial charge in [-0.2, -0.15) is 13.2 Å². The van der Waals surface area contributed by atoms with Crippen LogP contribution < -0.4 is 5.32 Å². The normalized spacial score (nSPS) is 11.0. The lowest BCUT2D eigenvalue weighted by molar-refractivity contribution is -0.0999. The molecule has 0 fully saturated rings. The van der Waals surface area contributed by atoms with Gasteiger partial charge in [0.2, 0.25) is 0 Å². The van der Waals surface area contributed by atoms with Crippen molar-refractivity contribution in [2.24, 2.45) is 0 Å². The number of hydrogen-bond acceptors (Lipinski definition) is 3. The minimum absolute atomic E-state index is 0.110. The minimum atomic E-state index is -4.58. The van der Waals surface area contributed by atoms with Gasteiger partial charge in [-0.15, -0.1) is 0 Å². The van der Waals surface area contributed by atoms with Crippen molar-refractivity contribution in [1.29, 1.82) is 0 Å². The first-order valence-corrected chi connectivity index (χ1v) is 4.55. The van der Waals surface area contributed by atoms with Crippen LogP contribution in [0.2, 0.25) is 0 Å². The number of nitrogens with one attached hydrogen (secondary N) is 1. The average molecular weight is 233 g/mol. The summed E-state index contributed by atoms with van der Waals surface area (Å²) in [6.45, 7) is 1.69. The van der Waals surface area contributed by atoms with E-state index in [9.17, 15) is 18.0 Å². The highest BCUT2D eigenvalue weighted by atomic mass is 19.4. The molecular formula is C10H10F3NO2. The zero-order chi connectivity index (χ0) is 12.2. The summed E-state index contributed by atoms with van der Waals surface area (Å²) in [5, 5.41) is 1.29. The molecular weight excluding hydrogens is 223 g/mol. The largest absolute Gasteiger partial charge is 0.482 e. The Morgan fingerprint density at radius 1 is 1.38 bits per heavy atom. The fourth-order valence-electron chi connectivity index (χ4n) is 1.13. The zero-order valence-electron chi connectivity index (χ0n) is 8.47. The summed E-state index contributed by atoms with van der Waals surface area (Å²) >= 11 is 0. The molecule has 6 heteroatoms. The molecule has 1 rings (SSSR count). The molecule has 0 aromatic heterocycles. The molecule has 0 aliphatic heterocycles. The van der Waals surface area contributed by atoms with Gasteiger partial charge in [-0.3, -0.25) is 5.32 Å². The Bertz CT molecular complexity index is 377. The number of carbonyl (C=O) groups excluding carboxylic acids is 1. The number of alkyl halides is 3. The molecule has 0 aliphatic rings. The maximum absolute atomic E-state index is 12.1. The number of carbonyl (C=O) groups is 1. The van der Waals surface area contributed by atoms with E-state index in [2.05, 4.69) is 4.74 Å². The van der Waals surface area contributed by atoms with Gasteiger partial charge in [0.1, 0.15) is 0 Å². The zero-order valence-corrected chi connectivity index (χ0v) is 8.47. The number of rotatable bonds is 3. The second kappa shape index (κ2) is 4.87. The second-order valence-corrected chi connectivity index (χ2v) is 2.89. The highest BCUT2D eigenvalue weighted by Gasteiger charge is 2.29. The Hall–Kier alpha value is -1.72. The van der Waals surface area contributed by atoms with Crippen LogP contribution in [0, 0.1) is 0 Å². The van der Waals surface area contributed by atoms with Crippen molar-refractivity contribution in [3.05, 3.63) is 29.8 Å². The third-order valence-electron chi connectivity index (χ3n) is 1.70. The van der Waals surface area contributed by atoms with Crippen LogP contribution in [0.1, 0.15) is 17.3 Å². The van der Waals surface area contributed by atoms with Crippen molar-refractivity contribution < 1.29 is 22.7 Å². The van der Waals surface area contributed by atoms with Crippen LogP contribution >= 0.6 is 0 Å². The first-order chi connectivity index (χ1) is 7.44. The molecule has 0 saturated carbocycles. The Labute approximate surface area is 90.2 Å². The van der Waals surface area contributed by atoms with Crippen molar-refractivity contribution in [3.8, 4) is 0 Å². The van der Waals surface area contributed by atoms with E-state index in [1.54, 1.807) is 6.92 Å². The van der Waals surface area contributed by atoms with E-state index in [1.807, 2.05) is 0 Å². The lowest BCUT2D eigenvalue weighted by Gasteiger charge is -2.13. The Morgan fingerprint density at radius 2 is 2.00 bits per heavy atom. The first-order valence-electron chi connectivity index (χ1n) is 4.55. The summed E-state index contributed by atoms with van der Waals surface area (Å²) < 4.78 is 41.0. The van der Waals surface area contributed by atoms with E-state index in [0.717, 1.165) is 0 Å². The lowest BCUT2D eigenvalue weighted by Crippen LogP contribution is -2.22. The van der Waals surface area contributed by atoms with E-state index in [0.29, 0.717) is 0 Å². The SMILES string of the molecule is CCOC(=O)c1ccccc1NC(F)(F)F. The van der Waals surface area contributed by atoms with Gasteiger partial charge in [0, 0.05) is 0 Å². The predicted molar refractivity (Wildman–Crippen MR) is 52.1 cm³/mol. The second-order valence-electron chi connectivity index (χ2n) is 2.89. The summed E-state index contributed by atoms with van der Waals surface area (Å²) in [7, 11) is 0. The first kappa shape index (κ1) is 12.4. The van der Waals surface area contributed by atoms with Gasteiger partial charge in [-0.1, -0.05) is 12.1 Å². The van der Waals surface area contributed by atoms with Crippen LogP contribution in [0.5, 0.6) is 0 Å².